The van der Waals surface area contributed by atoms with E-state index in [1.165, 1.54) is 4.31 Å². The minimum absolute atomic E-state index is 0.0357. The SMILES string of the molecule is CCN1CCCC1CN(CCC(=O)N1CCNCC1)S(=O)(=O)c1ccccc1. The maximum absolute atomic E-state index is 13.3. The fraction of sp³-hybridized carbons (Fsp3) is 0.650. The van der Waals surface area contributed by atoms with Gasteiger partial charge in [0.25, 0.3) is 0 Å². The lowest BCUT2D eigenvalue weighted by Gasteiger charge is -2.31. The van der Waals surface area contributed by atoms with Gasteiger partial charge in [0, 0.05) is 51.7 Å². The van der Waals surface area contributed by atoms with Crippen molar-refractivity contribution in [2.24, 2.45) is 0 Å². The van der Waals surface area contributed by atoms with Gasteiger partial charge >= 0.3 is 0 Å². The van der Waals surface area contributed by atoms with Crippen molar-refractivity contribution in [3.63, 3.8) is 0 Å². The van der Waals surface area contributed by atoms with Gasteiger partial charge in [-0.25, -0.2) is 8.42 Å². The van der Waals surface area contributed by atoms with Crippen molar-refractivity contribution >= 4 is 15.9 Å². The van der Waals surface area contributed by atoms with Gasteiger partial charge in [-0.2, -0.15) is 4.31 Å². The largest absolute Gasteiger partial charge is 0.340 e. The molecule has 2 heterocycles. The number of carbonyl (C=O) groups excluding carboxylic acids is 1. The van der Waals surface area contributed by atoms with Crippen LogP contribution in [-0.4, -0.2) is 86.8 Å². The fourth-order valence-electron chi connectivity index (χ4n) is 4.10. The molecule has 2 fully saturated rings. The van der Waals surface area contributed by atoms with Crippen LogP contribution in [0.25, 0.3) is 0 Å². The molecule has 1 amide bonds. The zero-order valence-electron chi connectivity index (χ0n) is 16.7. The number of likely N-dealkylation sites (tertiary alicyclic amines) is 1. The molecule has 0 saturated carbocycles. The van der Waals surface area contributed by atoms with Crippen LogP contribution in [0.3, 0.4) is 0 Å². The van der Waals surface area contributed by atoms with Gasteiger partial charge in [-0.3, -0.25) is 9.69 Å². The van der Waals surface area contributed by atoms with Crippen molar-refractivity contribution in [3.8, 4) is 0 Å². The van der Waals surface area contributed by atoms with E-state index in [0.29, 0.717) is 24.5 Å². The molecule has 0 radical (unpaired) electrons. The minimum Gasteiger partial charge on any atom is -0.340 e. The molecule has 0 aromatic heterocycles. The molecule has 1 aromatic rings. The molecule has 1 atom stereocenters. The predicted octanol–water partition coefficient (Wildman–Crippen LogP) is 0.984. The van der Waals surface area contributed by atoms with E-state index in [1.807, 2.05) is 11.0 Å². The number of nitrogens with zero attached hydrogens (tertiary/aromatic N) is 3. The zero-order chi connectivity index (χ0) is 20.0. The summed E-state index contributed by atoms with van der Waals surface area (Å²) in [7, 11) is -3.62. The summed E-state index contributed by atoms with van der Waals surface area (Å²) in [6.07, 6.45) is 2.32. The number of nitrogens with one attached hydrogen (secondary N) is 1. The van der Waals surface area contributed by atoms with Crippen molar-refractivity contribution < 1.29 is 13.2 Å². The predicted molar refractivity (Wildman–Crippen MR) is 110 cm³/mol. The van der Waals surface area contributed by atoms with Gasteiger partial charge in [-0.1, -0.05) is 25.1 Å². The first-order valence-corrected chi connectivity index (χ1v) is 11.7. The molecular weight excluding hydrogens is 376 g/mol. The van der Waals surface area contributed by atoms with E-state index >= 15 is 0 Å². The van der Waals surface area contributed by atoms with Gasteiger partial charge in [0.15, 0.2) is 0 Å². The Bertz CT molecular complexity index is 735. The van der Waals surface area contributed by atoms with E-state index in [2.05, 4.69) is 17.1 Å². The summed E-state index contributed by atoms with van der Waals surface area (Å²) in [6.45, 7) is 7.70. The van der Waals surface area contributed by atoms with Crippen LogP contribution in [0, 0.1) is 0 Å². The maximum atomic E-state index is 13.3. The van der Waals surface area contributed by atoms with Crippen LogP contribution >= 0.6 is 0 Å². The molecule has 28 heavy (non-hydrogen) atoms. The number of carbonyl (C=O) groups is 1. The lowest BCUT2D eigenvalue weighted by Crippen LogP contribution is -2.48. The first kappa shape index (κ1) is 21.2. The van der Waals surface area contributed by atoms with Gasteiger partial charge < -0.3 is 10.2 Å². The third-order valence-electron chi connectivity index (χ3n) is 5.75. The van der Waals surface area contributed by atoms with Crippen LogP contribution in [0.15, 0.2) is 35.2 Å². The number of piperazine rings is 1. The molecule has 7 nitrogen and oxygen atoms in total. The van der Waals surface area contributed by atoms with Crippen LogP contribution in [0.1, 0.15) is 26.2 Å². The maximum Gasteiger partial charge on any atom is 0.243 e. The first-order chi connectivity index (χ1) is 13.5. The van der Waals surface area contributed by atoms with Gasteiger partial charge in [0.05, 0.1) is 4.90 Å². The number of hydrogen-bond donors (Lipinski definition) is 1. The average molecular weight is 409 g/mol. The van der Waals surface area contributed by atoms with Crippen molar-refractivity contribution in [2.75, 3.05) is 52.4 Å². The third kappa shape index (κ3) is 5.11. The van der Waals surface area contributed by atoms with Crippen LogP contribution < -0.4 is 5.32 Å². The van der Waals surface area contributed by atoms with Crippen molar-refractivity contribution in [3.05, 3.63) is 30.3 Å². The van der Waals surface area contributed by atoms with Crippen LogP contribution in [0.5, 0.6) is 0 Å². The third-order valence-corrected chi connectivity index (χ3v) is 7.62. The van der Waals surface area contributed by atoms with Gasteiger partial charge in [-0.05, 0) is 38.1 Å². The lowest BCUT2D eigenvalue weighted by atomic mass is 10.2. The first-order valence-electron chi connectivity index (χ1n) is 10.3. The highest BCUT2D eigenvalue weighted by molar-refractivity contribution is 7.89. The number of hydrogen-bond acceptors (Lipinski definition) is 5. The Morgan fingerprint density at radius 3 is 2.57 bits per heavy atom. The second-order valence-corrected chi connectivity index (χ2v) is 9.42. The molecule has 1 unspecified atom stereocenters. The van der Waals surface area contributed by atoms with E-state index in [4.69, 9.17) is 0 Å². The smallest absolute Gasteiger partial charge is 0.243 e. The molecular formula is C20H32N4O3S. The van der Waals surface area contributed by atoms with E-state index in [-0.39, 0.29) is 24.9 Å². The summed E-state index contributed by atoms with van der Waals surface area (Å²) in [4.78, 5) is 17.1. The van der Waals surface area contributed by atoms with Crippen molar-refractivity contribution in [1.29, 1.82) is 0 Å². The molecule has 8 heteroatoms. The molecule has 2 aliphatic rings. The topological polar surface area (TPSA) is 73.0 Å². The Labute approximate surface area is 168 Å². The lowest BCUT2D eigenvalue weighted by molar-refractivity contribution is -0.131. The number of sulfonamides is 1. The van der Waals surface area contributed by atoms with Crippen LogP contribution in [0.2, 0.25) is 0 Å². The Balaban J connectivity index is 1.73. The van der Waals surface area contributed by atoms with E-state index in [0.717, 1.165) is 39.0 Å². The van der Waals surface area contributed by atoms with Gasteiger partial charge in [0.2, 0.25) is 15.9 Å². The quantitative estimate of drug-likeness (QED) is 0.694. The molecule has 2 aliphatic heterocycles. The monoisotopic (exact) mass is 408 g/mol. The van der Waals surface area contributed by atoms with E-state index in [9.17, 15) is 13.2 Å². The fourth-order valence-corrected chi connectivity index (χ4v) is 5.60. The van der Waals surface area contributed by atoms with Crippen molar-refractivity contribution in [2.45, 2.75) is 37.1 Å². The van der Waals surface area contributed by atoms with E-state index in [1.54, 1.807) is 24.3 Å². The average Bonchev–Trinajstić information content (AvgIpc) is 3.19. The van der Waals surface area contributed by atoms with Crippen molar-refractivity contribution in [1.82, 2.24) is 19.4 Å². The van der Waals surface area contributed by atoms with Crippen LogP contribution in [-0.2, 0) is 14.8 Å². The highest BCUT2D eigenvalue weighted by atomic mass is 32.2. The molecule has 0 aliphatic carbocycles. The number of amides is 1. The summed E-state index contributed by atoms with van der Waals surface area (Å²) in [5.74, 6) is 0.0357. The minimum atomic E-state index is -3.62. The van der Waals surface area contributed by atoms with Gasteiger partial charge in [0.1, 0.15) is 0 Å². The number of likely N-dealkylation sites (N-methyl/N-ethyl adjacent to an activating group) is 1. The summed E-state index contributed by atoms with van der Waals surface area (Å²) < 4.78 is 28.1. The number of rotatable bonds is 8. The Morgan fingerprint density at radius 2 is 1.89 bits per heavy atom. The Kier molecular flexibility index (Phi) is 7.45. The standard InChI is InChI=1S/C20H32N4O3S/c1-2-22-13-6-7-18(22)17-24(28(26,27)19-8-4-3-5-9-19)14-10-20(25)23-15-11-21-12-16-23/h3-5,8-9,18,21H,2,6-7,10-17H2,1H3. The molecule has 0 spiro atoms. The summed E-state index contributed by atoms with van der Waals surface area (Å²) in [5.41, 5.74) is 0. The zero-order valence-corrected chi connectivity index (χ0v) is 17.5. The molecule has 1 N–H and O–H groups in total. The second-order valence-electron chi connectivity index (χ2n) is 7.48. The summed E-state index contributed by atoms with van der Waals surface area (Å²) in [5, 5.41) is 3.23. The highest BCUT2D eigenvalue weighted by Crippen LogP contribution is 2.22. The number of benzene rings is 1. The Morgan fingerprint density at radius 1 is 1.18 bits per heavy atom. The van der Waals surface area contributed by atoms with Gasteiger partial charge in [-0.15, -0.1) is 0 Å². The summed E-state index contributed by atoms with van der Waals surface area (Å²) in [6, 6.07) is 8.78. The molecule has 1 aromatic carbocycles. The Hall–Kier alpha value is -1.48. The normalized spacial score (nSPS) is 21.4. The molecule has 2 saturated heterocycles. The second kappa shape index (κ2) is 9.82. The highest BCUT2D eigenvalue weighted by Gasteiger charge is 2.32. The van der Waals surface area contributed by atoms with E-state index < -0.39 is 10.0 Å². The van der Waals surface area contributed by atoms with Crippen LogP contribution in [0.4, 0.5) is 0 Å². The molecule has 0 bridgehead atoms. The molecule has 3 rings (SSSR count). The summed E-state index contributed by atoms with van der Waals surface area (Å²) >= 11 is 0. The molecule has 156 valence electrons.